The molecule has 0 aliphatic carbocycles. The molecule has 29 heavy (non-hydrogen) atoms. The zero-order valence-corrected chi connectivity index (χ0v) is 17.9. The standard InChI is InChI=1S/C20H28N2O6S/c1-27-18-9-14-4-6-21-17(16(14)11-19(18)28-2)8-15-12-22(29(3,25)26)7-5-13(15)10-20(23)24/h9,11,13,15H,4-8,10,12H2,1-3H3,(H,23,24)/t13-,15-/m0/s1. The van der Waals surface area contributed by atoms with Crippen molar-refractivity contribution in [2.75, 3.05) is 40.1 Å². The number of piperidine rings is 1. The van der Waals surface area contributed by atoms with Gasteiger partial charge in [0.05, 0.1) is 20.5 Å². The normalized spacial score (nSPS) is 22.5. The molecule has 8 nitrogen and oxygen atoms in total. The highest BCUT2D eigenvalue weighted by atomic mass is 32.2. The van der Waals surface area contributed by atoms with Crippen LogP contribution in [0.5, 0.6) is 11.5 Å². The predicted octanol–water partition coefficient (Wildman–Crippen LogP) is 1.81. The molecule has 0 radical (unpaired) electrons. The summed E-state index contributed by atoms with van der Waals surface area (Å²) in [6.07, 6.45) is 3.10. The highest BCUT2D eigenvalue weighted by Crippen LogP contribution is 2.36. The molecule has 2 aliphatic heterocycles. The monoisotopic (exact) mass is 424 g/mol. The molecule has 1 aromatic carbocycles. The highest BCUT2D eigenvalue weighted by Gasteiger charge is 2.35. The Bertz CT molecular complexity index is 912. The maximum Gasteiger partial charge on any atom is 0.303 e. The topological polar surface area (TPSA) is 106 Å². The quantitative estimate of drug-likeness (QED) is 0.716. The molecule has 160 valence electrons. The van der Waals surface area contributed by atoms with Crippen LogP contribution in [0.15, 0.2) is 17.1 Å². The Hall–Kier alpha value is -2.13. The van der Waals surface area contributed by atoms with Crippen molar-refractivity contribution < 1.29 is 27.8 Å². The molecule has 2 atom stereocenters. The van der Waals surface area contributed by atoms with E-state index in [9.17, 15) is 18.3 Å². The molecule has 9 heteroatoms. The molecule has 1 N–H and O–H groups in total. The molecule has 1 saturated heterocycles. The minimum Gasteiger partial charge on any atom is -0.493 e. The molecule has 0 saturated carbocycles. The third kappa shape index (κ3) is 4.90. The van der Waals surface area contributed by atoms with Crippen LogP contribution < -0.4 is 9.47 Å². The van der Waals surface area contributed by atoms with Crippen molar-refractivity contribution in [3.05, 3.63) is 23.3 Å². The fourth-order valence-electron chi connectivity index (χ4n) is 4.29. The number of rotatable bonds is 7. The fraction of sp³-hybridized carbons (Fsp3) is 0.600. The molecular weight excluding hydrogens is 396 g/mol. The van der Waals surface area contributed by atoms with Gasteiger partial charge < -0.3 is 14.6 Å². The van der Waals surface area contributed by atoms with Crippen molar-refractivity contribution in [2.45, 2.75) is 25.7 Å². The van der Waals surface area contributed by atoms with E-state index in [1.807, 2.05) is 12.1 Å². The van der Waals surface area contributed by atoms with Gasteiger partial charge in [0.25, 0.3) is 0 Å². The lowest BCUT2D eigenvalue weighted by molar-refractivity contribution is -0.138. The van der Waals surface area contributed by atoms with Gasteiger partial charge in [-0.15, -0.1) is 0 Å². The number of carboxylic acid groups (broad SMARTS) is 1. The van der Waals surface area contributed by atoms with Gasteiger partial charge >= 0.3 is 5.97 Å². The smallest absolute Gasteiger partial charge is 0.303 e. The van der Waals surface area contributed by atoms with E-state index in [-0.39, 0.29) is 18.3 Å². The number of aliphatic carboxylic acids is 1. The fourth-order valence-corrected chi connectivity index (χ4v) is 5.19. The van der Waals surface area contributed by atoms with Crippen LogP contribution >= 0.6 is 0 Å². The predicted molar refractivity (Wildman–Crippen MR) is 110 cm³/mol. The summed E-state index contributed by atoms with van der Waals surface area (Å²) in [5.74, 6) is 0.234. The van der Waals surface area contributed by atoms with E-state index < -0.39 is 16.0 Å². The zero-order chi connectivity index (χ0) is 21.2. The first kappa shape index (κ1) is 21.6. The van der Waals surface area contributed by atoms with E-state index in [0.717, 1.165) is 23.3 Å². The molecule has 0 spiro atoms. The number of benzene rings is 1. The van der Waals surface area contributed by atoms with Crippen molar-refractivity contribution in [1.29, 1.82) is 0 Å². The minimum absolute atomic E-state index is 0.0361. The summed E-state index contributed by atoms with van der Waals surface area (Å²) in [6.45, 7) is 1.32. The largest absolute Gasteiger partial charge is 0.493 e. The number of carbonyl (C=O) groups is 1. The van der Waals surface area contributed by atoms with Gasteiger partial charge in [-0.05, 0) is 48.8 Å². The number of ether oxygens (including phenoxy) is 2. The number of fused-ring (bicyclic) bond motifs is 1. The Morgan fingerprint density at radius 3 is 2.55 bits per heavy atom. The Labute approximate surface area is 171 Å². The molecule has 0 bridgehead atoms. The van der Waals surface area contributed by atoms with E-state index >= 15 is 0 Å². The van der Waals surface area contributed by atoms with Gasteiger partial charge in [0.2, 0.25) is 10.0 Å². The van der Waals surface area contributed by atoms with Gasteiger partial charge in [-0.2, -0.15) is 0 Å². The summed E-state index contributed by atoms with van der Waals surface area (Å²) in [6, 6.07) is 3.87. The number of aliphatic imine (C=N–C) groups is 1. The Morgan fingerprint density at radius 2 is 1.93 bits per heavy atom. The van der Waals surface area contributed by atoms with Crippen molar-refractivity contribution in [3.8, 4) is 11.5 Å². The van der Waals surface area contributed by atoms with Gasteiger partial charge in [0, 0.05) is 37.3 Å². The highest BCUT2D eigenvalue weighted by molar-refractivity contribution is 7.88. The number of sulfonamides is 1. The molecule has 0 amide bonds. The number of carboxylic acids is 1. The lowest BCUT2D eigenvalue weighted by atomic mass is 9.79. The first-order chi connectivity index (χ1) is 13.7. The van der Waals surface area contributed by atoms with E-state index in [0.29, 0.717) is 44.0 Å². The zero-order valence-electron chi connectivity index (χ0n) is 17.1. The van der Waals surface area contributed by atoms with Gasteiger partial charge in [-0.1, -0.05) is 0 Å². The Morgan fingerprint density at radius 1 is 1.24 bits per heavy atom. The van der Waals surface area contributed by atoms with Crippen LogP contribution in [0.25, 0.3) is 0 Å². The third-order valence-corrected chi connectivity index (χ3v) is 7.09. The average molecular weight is 425 g/mol. The summed E-state index contributed by atoms with van der Waals surface area (Å²) in [4.78, 5) is 16.0. The van der Waals surface area contributed by atoms with E-state index in [2.05, 4.69) is 0 Å². The number of nitrogens with zero attached hydrogens (tertiary/aromatic N) is 2. The first-order valence-electron chi connectivity index (χ1n) is 9.68. The molecule has 0 aromatic heterocycles. The lowest BCUT2D eigenvalue weighted by Gasteiger charge is -2.37. The molecule has 1 fully saturated rings. The summed E-state index contributed by atoms with van der Waals surface area (Å²) in [7, 11) is -0.143. The molecule has 2 heterocycles. The van der Waals surface area contributed by atoms with Crippen molar-refractivity contribution >= 4 is 21.7 Å². The van der Waals surface area contributed by atoms with Crippen molar-refractivity contribution in [3.63, 3.8) is 0 Å². The second-order valence-corrected chi connectivity index (χ2v) is 9.66. The van der Waals surface area contributed by atoms with E-state index in [4.69, 9.17) is 14.5 Å². The van der Waals surface area contributed by atoms with E-state index in [1.165, 1.54) is 10.6 Å². The first-order valence-corrected chi connectivity index (χ1v) is 11.5. The van der Waals surface area contributed by atoms with Crippen LogP contribution in [0.4, 0.5) is 0 Å². The Kier molecular flexibility index (Phi) is 6.48. The van der Waals surface area contributed by atoms with Crippen LogP contribution in [0.1, 0.15) is 30.4 Å². The van der Waals surface area contributed by atoms with Crippen LogP contribution in [0.2, 0.25) is 0 Å². The maximum absolute atomic E-state index is 12.1. The average Bonchev–Trinajstić information content (AvgIpc) is 2.67. The second kappa shape index (κ2) is 8.71. The summed E-state index contributed by atoms with van der Waals surface area (Å²) < 4.78 is 36.4. The van der Waals surface area contributed by atoms with Gasteiger partial charge in [0.1, 0.15) is 0 Å². The van der Waals surface area contributed by atoms with Crippen LogP contribution in [-0.2, 0) is 21.2 Å². The number of hydrogen-bond donors (Lipinski definition) is 1. The SMILES string of the molecule is COc1cc2c(cc1OC)C(C[C@H]1CN(S(C)(=O)=O)CC[C@H]1CC(=O)O)=NCC2. The molecule has 1 aromatic rings. The third-order valence-electron chi connectivity index (χ3n) is 5.82. The summed E-state index contributed by atoms with van der Waals surface area (Å²) >= 11 is 0. The minimum atomic E-state index is -3.32. The van der Waals surface area contributed by atoms with Gasteiger partial charge in [-0.25, -0.2) is 12.7 Å². The lowest BCUT2D eigenvalue weighted by Crippen LogP contribution is -2.44. The molecular formula is C20H28N2O6S. The second-order valence-electron chi connectivity index (χ2n) is 7.67. The number of hydrogen-bond acceptors (Lipinski definition) is 6. The molecule has 3 rings (SSSR count). The molecule has 0 unspecified atom stereocenters. The maximum atomic E-state index is 12.1. The van der Waals surface area contributed by atoms with E-state index in [1.54, 1.807) is 14.2 Å². The van der Waals surface area contributed by atoms with Crippen LogP contribution in [0.3, 0.4) is 0 Å². The van der Waals surface area contributed by atoms with Crippen LogP contribution in [-0.4, -0.2) is 69.6 Å². The van der Waals surface area contributed by atoms with Crippen molar-refractivity contribution in [2.24, 2.45) is 16.8 Å². The molecule has 2 aliphatic rings. The van der Waals surface area contributed by atoms with Gasteiger partial charge in [0.15, 0.2) is 11.5 Å². The van der Waals surface area contributed by atoms with Crippen LogP contribution in [0, 0.1) is 11.8 Å². The number of methoxy groups -OCH3 is 2. The Balaban J connectivity index is 1.89. The van der Waals surface area contributed by atoms with Gasteiger partial charge in [-0.3, -0.25) is 9.79 Å². The summed E-state index contributed by atoms with van der Waals surface area (Å²) in [5.41, 5.74) is 2.96. The van der Waals surface area contributed by atoms with Crippen molar-refractivity contribution in [1.82, 2.24) is 4.31 Å². The summed E-state index contributed by atoms with van der Waals surface area (Å²) in [5, 5.41) is 9.31.